The average Bonchev–Trinajstić information content (AvgIpc) is 2.82. The van der Waals surface area contributed by atoms with Gasteiger partial charge in [-0.25, -0.2) is 15.0 Å². The van der Waals surface area contributed by atoms with E-state index in [4.69, 9.17) is 10.5 Å². The predicted octanol–water partition coefficient (Wildman–Crippen LogP) is -1.98. The van der Waals surface area contributed by atoms with E-state index in [1.54, 1.807) is 0 Å². The highest BCUT2D eigenvalue weighted by molar-refractivity contribution is 5.81. The van der Waals surface area contributed by atoms with Gasteiger partial charge in [0.25, 0.3) is 0 Å². The standard InChI is InChI=1S/C10H13N5O4/c11-8-5-9(13-2-12-8)15(3-14-5)10-7(18)6(17)4(16)1-19-10/h2-4,6-7,10,16-18H,1H2,(H2,11,12,13)/t4-,6+,7-,10?/m1/s1. The van der Waals surface area contributed by atoms with Crippen molar-refractivity contribution in [2.45, 2.75) is 24.5 Å². The van der Waals surface area contributed by atoms with Gasteiger partial charge in [0.05, 0.1) is 12.9 Å². The van der Waals surface area contributed by atoms with Crippen LogP contribution >= 0.6 is 0 Å². The summed E-state index contributed by atoms with van der Waals surface area (Å²) in [6.07, 6.45) is -1.93. The Hall–Kier alpha value is -1.81. The number of nitrogen functional groups attached to an aromatic ring is 1. The summed E-state index contributed by atoms with van der Waals surface area (Å²) in [7, 11) is 0. The number of ether oxygens (including phenoxy) is 1. The lowest BCUT2D eigenvalue weighted by atomic mass is 10.0. The minimum Gasteiger partial charge on any atom is -0.388 e. The van der Waals surface area contributed by atoms with Gasteiger partial charge in [-0.1, -0.05) is 0 Å². The first-order valence-corrected chi connectivity index (χ1v) is 5.68. The number of aromatic nitrogens is 4. The zero-order valence-corrected chi connectivity index (χ0v) is 9.79. The molecule has 9 heteroatoms. The smallest absolute Gasteiger partial charge is 0.167 e. The van der Waals surface area contributed by atoms with E-state index in [9.17, 15) is 15.3 Å². The quantitative estimate of drug-likeness (QED) is 0.466. The first-order valence-electron chi connectivity index (χ1n) is 5.68. The van der Waals surface area contributed by atoms with Gasteiger partial charge in [0.1, 0.15) is 30.2 Å². The van der Waals surface area contributed by atoms with Gasteiger partial charge in [-0.3, -0.25) is 4.57 Å². The van der Waals surface area contributed by atoms with Gasteiger partial charge in [-0.05, 0) is 0 Å². The number of anilines is 1. The van der Waals surface area contributed by atoms with Gasteiger partial charge in [-0.15, -0.1) is 0 Å². The molecule has 0 saturated carbocycles. The number of aliphatic hydroxyl groups excluding tert-OH is 3. The van der Waals surface area contributed by atoms with Crippen molar-refractivity contribution in [2.24, 2.45) is 0 Å². The van der Waals surface area contributed by atoms with Crippen LogP contribution in [-0.4, -0.2) is 59.8 Å². The number of rotatable bonds is 1. The van der Waals surface area contributed by atoms with Gasteiger partial charge in [-0.2, -0.15) is 0 Å². The molecule has 1 saturated heterocycles. The van der Waals surface area contributed by atoms with Crippen LogP contribution in [-0.2, 0) is 4.74 Å². The average molecular weight is 267 g/mol. The minimum atomic E-state index is -1.30. The number of aliphatic hydroxyl groups is 3. The van der Waals surface area contributed by atoms with Crippen molar-refractivity contribution in [1.29, 1.82) is 0 Å². The molecule has 0 spiro atoms. The third kappa shape index (κ3) is 1.83. The Morgan fingerprint density at radius 2 is 2.00 bits per heavy atom. The number of fused-ring (bicyclic) bond motifs is 1. The Morgan fingerprint density at radius 1 is 1.21 bits per heavy atom. The summed E-state index contributed by atoms with van der Waals surface area (Å²) < 4.78 is 6.78. The molecular formula is C10H13N5O4. The summed E-state index contributed by atoms with van der Waals surface area (Å²) in [5, 5.41) is 29.0. The van der Waals surface area contributed by atoms with Crippen LogP contribution in [0.4, 0.5) is 5.82 Å². The van der Waals surface area contributed by atoms with E-state index in [1.807, 2.05) is 0 Å². The Labute approximate surface area is 107 Å². The highest BCUT2D eigenvalue weighted by atomic mass is 16.5. The summed E-state index contributed by atoms with van der Waals surface area (Å²) in [5.41, 5.74) is 6.44. The molecule has 9 nitrogen and oxygen atoms in total. The highest BCUT2D eigenvalue weighted by Gasteiger charge is 2.39. The van der Waals surface area contributed by atoms with Crippen molar-refractivity contribution in [3.63, 3.8) is 0 Å². The van der Waals surface area contributed by atoms with E-state index < -0.39 is 24.5 Å². The second kappa shape index (κ2) is 4.38. The number of nitrogens with two attached hydrogens (primary N) is 1. The monoisotopic (exact) mass is 267 g/mol. The molecule has 1 aliphatic rings. The summed E-state index contributed by atoms with van der Waals surface area (Å²) in [6, 6.07) is 0. The minimum absolute atomic E-state index is 0.0941. The zero-order valence-electron chi connectivity index (χ0n) is 9.79. The Morgan fingerprint density at radius 3 is 2.79 bits per heavy atom. The second-order valence-corrected chi connectivity index (χ2v) is 4.36. The summed E-state index contributed by atoms with van der Waals surface area (Å²) in [4.78, 5) is 11.9. The molecule has 3 rings (SSSR count). The van der Waals surface area contributed by atoms with E-state index in [-0.39, 0.29) is 12.4 Å². The molecule has 2 aromatic heterocycles. The molecule has 102 valence electrons. The van der Waals surface area contributed by atoms with Crippen LogP contribution < -0.4 is 5.73 Å². The lowest BCUT2D eigenvalue weighted by Crippen LogP contribution is -2.50. The maximum Gasteiger partial charge on any atom is 0.167 e. The SMILES string of the molecule is Nc1ncnc2c1ncn2C1OC[C@@H](O)[C@H](O)[C@H]1O. The van der Waals surface area contributed by atoms with Crippen molar-refractivity contribution in [3.05, 3.63) is 12.7 Å². The van der Waals surface area contributed by atoms with Crippen molar-refractivity contribution in [2.75, 3.05) is 12.3 Å². The second-order valence-electron chi connectivity index (χ2n) is 4.36. The molecule has 2 aromatic rings. The summed E-state index contributed by atoms with van der Waals surface area (Å²) in [6.45, 7) is -0.0941. The maximum atomic E-state index is 9.95. The third-order valence-corrected chi connectivity index (χ3v) is 3.14. The van der Waals surface area contributed by atoms with Gasteiger partial charge in [0.2, 0.25) is 0 Å². The molecule has 1 fully saturated rings. The van der Waals surface area contributed by atoms with Crippen LogP contribution in [0, 0.1) is 0 Å². The first kappa shape index (κ1) is 12.2. The topological polar surface area (TPSA) is 140 Å². The van der Waals surface area contributed by atoms with Crippen LogP contribution in [0.15, 0.2) is 12.7 Å². The van der Waals surface area contributed by atoms with Crippen molar-refractivity contribution < 1.29 is 20.1 Å². The van der Waals surface area contributed by atoms with E-state index in [0.29, 0.717) is 11.2 Å². The molecule has 19 heavy (non-hydrogen) atoms. The van der Waals surface area contributed by atoms with E-state index in [0.717, 1.165) is 0 Å². The molecule has 3 heterocycles. The van der Waals surface area contributed by atoms with Crippen molar-refractivity contribution in [1.82, 2.24) is 19.5 Å². The molecule has 0 aliphatic carbocycles. The maximum absolute atomic E-state index is 9.95. The van der Waals surface area contributed by atoms with Crippen molar-refractivity contribution >= 4 is 17.0 Å². The fourth-order valence-electron chi connectivity index (χ4n) is 2.09. The van der Waals surface area contributed by atoms with Crippen LogP contribution in [0.25, 0.3) is 11.2 Å². The fourth-order valence-corrected chi connectivity index (χ4v) is 2.09. The normalized spacial score (nSPS) is 31.7. The van der Waals surface area contributed by atoms with Crippen LogP contribution in [0.3, 0.4) is 0 Å². The van der Waals surface area contributed by atoms with E-state index in [1.165, 1.54) is 17.2 Å². The summed E-state index contributed by atoms with van der Waals surface area (Å²) >= 11 is 0. The highest BCUT2D eigenvalue weighted by Crippen LogP contribution is 2.27. The number of hydrogen-bond donors (Lipinski definition) is 4. The molecule has 4 atom stereocenters. The third-order valence-electron chi connectivity index (χ3n) is 3.14. The van der Waals surface area contributed by atoms with Gasteiger partial charge in [0, 0.05) is 0 Å². The molecule has 0 bridgehead atoms. The van der Waals surface area contributed by atoms with Crippen LogP contribution in [0.1, 0.15) is 6.23 Å². The number of hydrogen-bond acceptors (Lipinski definition) is 8. The number of nitrogens with zero attached hydrogens (tertiary/aromatic N) is 4. The Balaban J connectivity index is 2.03. The van der Waals surface area contributed by atoms with Gasteiger partial charge in [0.15, 0.2) is 17.7 Å². The summed E-state index contributed by atoms with van der Waals surface area (Å²) in [5.74, 6) is 0.217. The molecular weight excluding hydrogens is 254 g/mol. The van der Waals surface area contributed by atoms with Gasteiger partial charge >= 0.3 is 0 Å². The van der Waals surface area contributed by atoms with Gasteiger partial charge < -0.3 is 25.8 Å². The molecule has 0 radical (unpaired) electrons. The molecule has 1 aliphatic heterocycles. The predicted molar refractivity (Wildman–Crippen MR) is 62.7 cm³/mol. The lowest BCUT2D eigenvalue weighted by molar-refractivity contribution is -0.210. The zero-order chi connectivity index (χ0) is 13.6. The Bertz CT molecular complexity index is 603. The molecule has 0 aromatic carbocycles. The molecule has 5 N–H and O–H groups in total. The van der Waals surface area contributed by atoms with Crippen LogP contribution in [0.5, 0.6) is 0 Å². The van der Waals surface area contributed by atoms with Crippen molar-refractivity contribution in [3.8, 4) is 0 Å². The largest absolute Gasteiger partial charge is 0.388 e. The van der Waals surface area contributed by atoms with E-state index >= 15 is 0 Å². The number of imidazole rings is 1. The molecule has 1 unspecified atom stereocenters. The van der Waals surface area contributed by atoms with E-state index in [2.05, 4.69) is 15.0 Å². The fraction of sp³-hybridized carbons (Fsp3) is 0.500. The molecule has 0 amide bonds. The lowest BCUT2D eigenvalue weighted by Gasteiger charge is -2.35. The first-order chi connectivity index (χ1) is 9.09. The Kier molecular flexibility index (Phi) is 2.82. The van der Waals surface area contributed by atoms with Crippen LogP contribution in [0.2, 0.25) is 0 Å².